The number of ether oxygens (including phenoxy) is 2. The normalized spacial score (nSPS) is 23.4. The van der Waals surface area contributed by atoms with Gasteiger partial charge in [0.1, 0.15) is 11.5 Å². The lowest BCUT2D eigenvalue weighted by Gasteiger charge is -2.26. The van der Waals surface area contributed by atoms with E-state index in [0.717, 1.165) is 0 Å². The molecule has 4 rings (SSSR count). The number of nitrogens with zero attached hydrogens (tertiary/aromatic N) is 2. The van der Waals surface area contributed by atoms with Gasteiger partial charge in [-0.3, -0.25) is 4.79 Å². The number of thioether (sulfide) groups is 1. The summed E-state index contributed by atoms with van der Waals surface area (Å²) in [6.07, 6.45) is 0. The largest absolute Gasteiger partial charge is 0.495 e. The lowest BCUT2D eigenvalue weighted by atomic mass is 10.1. The monoisotopic (exact) mass is 466 g/mol. The van der Waals surface area contributed by atoms with Gasteiger partial charge in [0.2, 0.25) is 0 Å². The third-order valence-corrected chi connectivity index (χ3v) is 8.50. The second kappa shape index (κ2) is 8.13. The Balaban J connectivity index is 1.81. The third kappa shape index (κ3) is 3.89. The van der Waals surface area contributed by atoms with Crippen LogP contribution in [-0.4, -0.2) is 56.5 Å². The number of rotatable bonds is 4. The first kappa shape index (κ1) is 21.0. The van der Waals surface area contributed by atoms with Gasteiger partial charge < -0.3 is 14.4 Å². The van der Waals surface area contributed by atoms with E-state index in [0.29, 0.717) is 32.9 Å². The van der Waals surface area contributed by atoms with Crippen molar-refractivity contribution in [2.45, 2.75) is 11.3 Å². The number of carbonyl (C=O) groups excluding carboxylic acids is 1. The predicted molar refractivity (Wildman–Crippen MR) is 119 cm³/mol. The van der Waals surface area contributed by atoms with Gasteiger partial charge in [-0.05, 0) is 18.2 Å². The standard InChI is InChI=1S/C20H19ClN2O5S2/c1-27-16-9-17(28-2)14(8-13(16)21)23-15-10-30(25,26)11-18(15)29-20(23)22-19(24)12-6-4-3-5-7-12/h3-9,15,18H,10-11H2,1-2H3. The number of methoxy groups -OCH3 is 2. The molecule has 2 saturated heterocycles. The predicted octanol–water partition coefficient (Wildman–Crippen LogP) is 3.27. The number of anilines is 1. The molecule has 30 heavy (non-hydrogen) atoms. The number of amidine groups is 1. The third-order valence-electron chi connectivity index (χ3n) is 5.00. The number of hydrogen-bond donors (Lipinski definition) is 0. The minimum atomic E-state index is -3.19. The van der Waals surface area contributed by atoms with Crippen LogP contribution in [0.15, 0.2) is 47.5 Å². The zero-order valence-electron chi connectivity index (χ0n) is 16.2. The van der Waals surface area contributed by atoms with Gasteiger partial charge in [-0.2, -0.15) is 4.99 Å². The fourth-order valence-corrected chi connectivity index (χ4v) is 7.75. The number of carbonyl (C=O) groups is 1. The molecule has 158 valence electrons. The van der Waals surface area contributed by atoms with Crippen molar-refractivity contribution in [3.63, 3.8) is 0 Å². The van der Waals surface area contributed by atoms with Crippen LogP contribution in [0.4, 0.5) is 5.69 Å². The fraction of sp³-hybridized carbons (Fsp3) is 0.300. The Hall–Kier alpha value is -2.23. The van der Waals surface area contributed by atoms with Crippen molar-refractivity contribution in [2.75, 3.05) is 30.6 Å². The average Bonchev–Trinajstić information content (AvgIpc) is 3.19. The summed E-state index contributed by atoms with van der Waals surface area (Å²) in [5.74, 6) is 0.476. The quantitative estimate of drug-likeness (QED) is 0.683. The van der Waals surface area contributed by atoms with Gasteiger partial charge in [0.15, 0.2) is 15.0 Å². The number of aliphatic imine (C=N–C) groups is 1. The van der Waals surface area contributed by atoms with Crippen LogP contribution in [0.1, 0.15) is 10.4 Å². The van der Waals surface area contributed by atoms with E-state index in [1.54, 1.807) is 41.3 Å². The van der Waals surface area contributed by atoms with Crippen LogP contribution in [0.5, 0.6) is 11.5 Å². The molecule has 0 aliphatic carbocycles. The molecule has 0 spiro atoms. The molecule has 0 N–H and O–H groups in total. The first-order chi connectivity index (χ1) is 14.3. The lowest BCUT2D eigenvalue weighted by Crippen LogP contribution is -2.38. The van der Waals surface area contributed by atoms with E-state index < -0.39 is 15.7 Å². The number of hydrogen-bond acceptors (Lipinski definition) is 6. The van der Waals surface area contributed by atoms with Crippen molar-refractivity contribution in [3.8, 4) is 11.5 Å². The van der Waals surface area contributed by atoms with Crippen molar-refractivity contribution < 1.29 is 22.7 Å². The molecule has 2 aromatic rings. The van der Waals surface area contributed by atoms with Gasteiger partial charge >= 0.3 is 0 Å². The SMILES string of the molecule is COc1cc(OC)c(N2C(=NC(=O)c3ccccc3)SC3CS(=O)(=O)CC32)cc1Cl. The average molecular weight is 467 g/mol. The maximum absolute atomic E-state index is 12.7. The van der Waals surface area contributed by atoms with E-state index in [-0.39, 0.29) is 22.8 Å². The first-order valence-electron chi connectivity index (χ1n) is 9.09. The van der Waals surface area contributed by atoms with Crippen molar-refractivity contribution >= 4 is 50.0 Å². The molecule has 1 amide bonds. The Kier molecular flexibility index (Phi) is 5.69. The topological polar surface area (TPSA) is 85.3 Å². The van der Waals surface area contributed by atoms with E-state index in [2.05, 4.69) is 4.99 Å². The van der Waals surface area contributed by atoms with Gasteiger partial charge in [0.25, 0.3) is 5.91 Å². The molecule has 2 aliphatic rings. The summed E-state index contributed by atoms with van der Waals surface area (Å²) in [6.45, 7) is 0. The molecule has 2 unspecified atom stereocenters. The van der Waals surface area contributed by atoms with Crippen molar-refractivity contribution in [3.05, 3.63) is 53.1 Å². The van der Waals surface area contributed by atoms with Crippen LogP contribution in [0.2, 0.25) is 5.02 Å². The Morgan fingerprint density at radius 2 is 1.83 bits per heavy atom. The summed E-state index contributed by atoms with van der Waals surface area (Å²) in [5, 5.41) is 0.535. The molecule has 2 heterocycles. The summed E-state index contributed by atoms with van der Waals surface area (Å²) in [7, 11) is -0.193. The molecule has 7 nitrogen and oxygen atoms in total. The van der Waals surface area contributed by atoms with Crippen LogP contribution in [0.3, 0.4) is 0 Å². The number of fused-ring (bicyclic) bond motifs is 1. The highest BCUT2D eigenvalue weighted by atomic mass is 35.5. The molecular weight excluding hydrogens is 448 g/mol. The van der Waals surface area contributed by atoms with Gasteiger partial charge in [0.05, 0.1) is 42.5 Å². The van der Waals surface area contributed by atoms with Crippen LogP contribution >= 0.6 is 23.4 Å². The number of sulfone groups is 1. The number of halogens is 1. The van der Waals surface area contributed by atoms with Crippen molar-refractivity contribution in [1.29, 1.82) is 0 Å². The van der Waals surface area contributed by atoms with E-state index in [4.69, 9.17) is 21.1 Å². The minimum Gasteiger partial charge on any atom is -0.495 e. The molecular formula is C20H19ClN2O5S2. The first-order valence-corrected chi connectivity index (χ1v) is 12.2. The second-order valence-electron chi connectivity index (χ2n) is 6.89. The zero-order valence-corrected chi connectivity index (χ0v) is 18.6. The van der Waals surface area contributed by atoms with Gasteiger partial charge in [-0.1, -0.05) is 41.6 Å². The van der Waals surface area contributed by atoms with Crippen molar-refractivity contribution in [2.24, 2.45) is 4.99 Å². The van der Waals surface area contributed by atoms with Gasteiger partial charge in [-0.25, -0.2) is 8.42 Å². The highest BCUT2D eigenvalue weighted by Gasteiger charge is 2.50. The smallest absolute Gasteiger partial charge is 0.279 e. The van der Waals surface area contributed by atoms with E-state index in [1.807, 2.05) is 6.07 Å². The van der Waals surface area contributed by atoms with E-state index in [1.165, 1.54) is 26.0 Å². The van der Waals surface area contributed by atoms with Crippen molar-refractivity contribution in [1.82, 2.24) is 0 Å². The molecule has 0 saturated carbocycles. The summed E-state index contributed by atoms with van der Waals surface area (Å²) in [5.41, 5.74) is 0.995. The Morgan fingerprint density at radius 1 is 1.13 bits per heavy atom. The van der Waals surface area contributed by atoms with Gasteiger partial charge in [0, 0.05) is 16.9 Å². The van der Waals surface area contributed by atoms with Crippen LogP contribution in [-0.2, 0) is 9.84 Å². The minimum absolute atomic E-state index is 0.0313. The Labute approximate surface area is 183 Å². The maximum atomic E-state index is 12.7. The molecule has 0 radical (unpaired) electrons. The van der Waals surface area contributed by atoms with E-state index in [9.17, 15) is 13.2 Å². The highest BCUT2D eigenvalue weighted by molar-refractivity contribution is 8.16. The zero-order chi connectivity index (χ0) is 21.5. The molecule has 2 aromatic carbocycles. The van der Waals surface area contributed by atoms with Gasteiger partial charge in [-0.15, -0.1) is 0 Å². The maximum Gasteiger partial charge on any atom is 0.279 e. The summed E-state index contributed by atoms with van der Waals surface area (Å²) >= 11 is 7.64. The lowest BCUT2D eigenvalue weighted by molar-refractivity contribution is 0.100. The number of benzene rings is 2. The van der Waals surface area contributed by atoms with Crippen LogP contribution in [0, 0.1) is 0 Å². The fourth-order valence-electron chi connectivity index (χ4n) is 3.61. The molecule has 10 heteroatoms. The summed E-state index contributed by atoms with van der Waals surface area (Å²) in [6, 6.07) is 11.6. The molecule has 2 aliphatic heterocycles. The van der Waals surface area contributed by atoms with E-state index >= 15 is 0 Å². The second-order valence-corrected chi connectivity index (χ2v) is 10.7. The summed E-state index contributed by atoms with van der Waals surface area (Å²) in [4.78, 5) is 18.8. The summed E-state index contributed by atoms with van der Waals surface area (Å²) < 4.78 is 35.3. The Morgan fingerprint density at radius 3 is 2.50 bits per heavy atom. The molecule has 0 bridgehead atoms. The molecule has 2 fully saturated rings. The molecule has 0 aromatic heterocycles. The van der Waals surface area contributed by atoms with Crippen LogP contribution in [0.25, 0.3) is 0 Å². The van der Waals surface area contributed by atoms with Crippen LogP contribution < -0.4 is 14.4 Å². The number of amides is 1. The Bertz CT molecular complexity index is 1120. The molecule has 2 atom stereocenters. The highest BCUT2D eigenvalue weighted by Crippen LogP contribution is 2.46.